The van der Waals surface area contributed by atoms with Gasteiger partial charge in [0.05, 0.1) is 11.0 Å². The number of hydrogen-bond acceptors (Lipinski definition) is 4. The molecule has 0 fully saturated rings. The van der Waals surface area contributed by atoms with E-state index in [1.807, 2.05) is 30.0 Å². The number of nitro groups is 1. The summed E-state index contributed by atoms with van der Waals surface area (Å²) in [5.74, 6) is 0.0530. The van der Waals surface area contributed by atoms with E-state index in [1.165, 1.54) is 12.1 Å². The fraction of sp³-hybridized carbons (Fsp3) is 0.167. The van der Waals surface area contributed by atoms with Crippen LogP contribution < -0.4 is 4.90 Å². The minimum atomic E-state index is -0.423. The van der Waals surface area contributed by atoms with Gasteiger partial charge in [-0.25, -0.2) is 0 Å². The van der Waals surface area contributed by atoms with Gasteiger partial charge in [-0.05, 0) is 36.3 Å². The van der Waals surface area contributed by atoms with Gasteiger partial charge < -0.3 is 4.90 Å². The van der Waals surface area contributed by atoms with Crippen LogP contribution in [0.25, 0.3) is 0 Å². The van der Waals surface area contributed by atoms with Crippen molar-refractivity contribution in [3.63, 3.8) is 0 Å². The zero-order valence-corrected chi connectivity index (χ0v) is 12.7. The van der Waals surface area contributed by atoms with Crippen LogP contribution in [-0.4, -0.2) is 10.7 Å². The van der Waals surface area contributed by atoms with Crippen molar-refractivity contribution in [1.29, 1.82) is 0 Å². The monoisotopic (exact) mass is 308 g/mol. The number of anilines is 1. The van der Waals surface area contributed by atoms with Crippen molar-refractivity contribution < 1.29 is 9.72 Å². The van der Waals surface area contributed by atoms with Crippen molar-refractivity contribution in [3.8, 4) is 0 Å². The number of aryl methyl sites for hydroxylation is 1. The lowest BCUT2D eigenvalue weighted by molar-refractivity contribution is -0.384. The number of carbonyl (C=O) groups excluding carboxylic acids is 1. The van der Waals surface area contributed by atoms with Crippen LogP contribution in [0.5, 0.6) is 0 Å². The van der Waals surface area contributed by atoms with E-state index in [0.717, 1.165) is 16.8 Å². The molecule has 0 N–H and O–H groups in total. The third kappa shape index (κ3) is 3.13. The summed E-state index contributed by atoms with van der Waals surface area (Å²) in [6.45, 7) is 2.02. The van der Waals surface area contributed by atoms with Crippen molar-refractivity contribution in [2.75, 3.05) is 4.90 Å². The number of non-ortho nitro benzene ring substituents is 1. The summed E-state index contributed by atoms with van der Waals surface area (Å²) >= 11 is 0. The maximum absolute atomic E-state index is 11.8. The molecule has 23 heavy (non-hydrogen) atoms. The number of benzene rings is 2. The highest BCUT2D eigenvalue weighted by Crippen LogP contribution is 2.34. The molecule has 0 aromatic heterocycles. The van der Waals surface area contributed by atoms with Gasteiger partial charge in [0.2, 0.25) is 0 Å². The molecule has 1 heterocycles. The van der Waals surface area contributed by atoms with Gasteiger partial charge in [0.15, 0.2) is 5.78 Å². The summed E-state index contributed by atoms with van der Waals surface area (Å²) in [5, 5.41) is 10.8. The molecule has 0 aliphatic carbocycles. The molecule has 1 aliphatic rings. The topological polar surface area (TPSA) is 63.5 Å². The molecule has 2 aromatic rings. The van der Waals surface area contributed by atoms with E-state index in [1.54, 1.807) is 24.4 Å². The molecule has 1 atom stereocenters. The molecule has 116 valence electrons. The summed E-state index contributed by atoms with van der Waals surface area (Å²) in [7, 11) is 0. The fourth-order valence-electron chi connectivity index (χ4n) is 2.78. The smallest absolute Gasteiger partial charge is 0.269 e. The molecule has 0 spiro atoms. The van der Waals surface area contributed by atoms with E-state index in [2.05, 4.69) is 6.07 Å². The standard InChI is InChI=1S/C18H16N2O3/c1-13-3-2-4-16(11-13)19-10-9-17(21)12-18(19)14-5-7-15(8-6-14)20(22)23/h2-11,18H,12H2,1H3. The SMILES string of the molecule is Cc1cccc(N2C=CC(=O)CC2c2ccc([N+](=O)[O-])cc2)c1. The van der Waals surface area contributed by atoms with E-state index < -0.39 is 4.92 Å². The molecule has 5 heteroatoms. The van der Waals surface area contributed by atoms with Crippen LogP contribution in [0.15, 0.2) is 60.8 Å². The molecule has 0 saturated heterocycles. The first kappa shape index (κ1) is 15.0. The number of allylic oxidation sites excluding steroid dienone is 1. The normalized spacial score (nSPS) is 17.3. The van der Waals surface area contributed by atoms with Crippen molar-refractivity contribution in [2.24, 2.45) is 0 Å². The second-order valence-electron chi connectivity index (χ2n) is 5.60. The van der Waals surface area contributed by atoms with Gasteiger partial charge in [0, 0.05) is 30.4 Å². The Morgan fingerprint density at radius 3 is 2.57 bits per heavy atom. The van der Waals surface area contributed by atoms with Crippen LogP contribution in [-0.2, 0) is 4.79 Å². The van der Waals surface area contributed by atoms with Crippen LogP contribution in [0, 0.1) is 17.0 Å². The highest BCUT2D eigenvalue weighted by Gasteiger charge is 2.25. The van der Waals surface area contributed by atoms with Gasteiger partial charge in [-0.2, -0.15) is 0 Å². The molecule has 0 amide bonds. The Kier molecular flexibility index (Phi) is 3.93. The van der Waals surface area contributed by atoms with Crippen molar-refractivity contribution >= 4 is 17.2 Å². The molecule has 2 aromatic carbocycles. The van der Waals surface area contributed by atoms with Gasteiger partial charge in [0.25, 0.3) is 5.69 Å². The molecule has 0 radical (unpaired) electrons. The number of hydrogen-bond donors (Lipinski definition) is 0. The van der Waals surface area contributed by atoms with Gasteiger partial charge >= 0.3 is 0 Å². The van der Waals surface area contributed by atoms with E-state index in [-0.39, 0.29) is 17.5 Å². The Morgan fingerprint density at radius 2 is 1.91 bits per heavy atom. The fourth-order valence-corrected chi connectivity index (χ4v) is 2.78. The third-order valence-electron chi connectivity index (χ3n) is 3.94. The minimum absolute atomic E-state index is 0.0496. The number of ketones is 1. The van der Waals surface area contributed by atoms with Crippen LogP contribution in [0.2, 0.25) is 0 Å². The summed E-state index contributed by atoms with van der Waals surface area (Å²) in [5.41, 5.74) is 3.07. The number of nitrogens with zero attached hydrogens (tertiary/aromatic N) is 2. The Hall–Kier alpha value is -2.95. The minimum Gasteiger partial charge on any atom is -0.340 e. The lowest BCUT2D eigenvalue weighted by Crippen LogP contribution is -2.29. The molecule has 5 nitrogen and oxygen atoms in total. The molecule has 0 bridgehead atoms. The first-order valence-electron chi connectivity index (χ1n) is 7.35. The highest BCUT2D eigenvalue weighted by atomic mass is 16.6. The Bertz CT molecular complexity index is 781. The average molecular weight is 308 g/mol. The lowest BCUT2D eigenvalue weighted by Gasteiger charge is -2.33. The van der Waals surface area contributed by atoms with Crippen molar-refractivity contribution in [3.05, 3.63) is 82.0 Å². The predicted molar refractivity (Wildman–Crippen MR) is 88.3 cm³/mol. The third-order valence-corrected chi connectivity index (χ3v) is 3.94. The molecule has 3 rings (SSSR count). The average Bonchev–Trinajstić information content (AvgIpc) is 2.55. The van der Waals surface area contributed by atoms with Gasteiger partial charge in [-0.15, -0.1) is 0 Å². The van der Waals surface area contributed by atoms with E-state index in [0.29, 0.717) is 6.42 Å². The van der Waals surface area contributed by atoms with Crippen LogP contribution in [0.3, 0.4) is 0 Å². The Labute approximate surface area is 134 Å². The summed E-state index contributed by atoms with van der Waals surface area (Å²) < 4.78 is 0. The Morgan fingerprint density at radius 1 is 1.17 bits per heavy atom. The Balaban J connectivity index is 1.98. The number of nitro benzene ring substituents is 1. The maximum atomic E-state index is 11.8. The quantitative estimate of drug-likeness (QED) is 0.636. The first-order chi connectivity index (χ1) is 11.0. The molecular formula is C18H16N2O3. The van der Waals surface area contributed by atoms with Gasteiger partial charge in [-0.3, -0.25) is 14.9 Å². The summed E-state index contributed by atoms with van der Waals surface area (Å²) in [6.07, 6.45) is 3.71. The van der Waals surface area contributed by atoms with Gasteiger partial charge in [0.1, 0.15) is 0 Å². The van der Waals surface area contributed by atoms with Crippen LogP contribution in [0.4, 0.5) is 11.4 Å². The molecule has 1 aliphatic heterocycles. The van der Waals surface area contributed by atoms with Crippen molar-refractivity contribution in [1.82, 2.24) is 0 Å². The predicted octanol–water partition coefficient (Wildman–Crippen LogP) is 3.94. The van der Waals surface area contributed by atoms with E-state index >= 15 is 0 Å². The van der Waals surface area contributed by atoms with Gasteiger partial charge in [-0.1, -0.05) is 24.3 Å². The highest BCUT2D eigenvalue weighted by molar-refractivity contribution is 5.92. The zero-order chi connectivity index (χ0) is 16.4. The van der Waals surface area contributed by atoms with Crippen LogP contribution in [0.1, 0.15) is 23.6 Å². The van der Waals surface area contributed by atoms with E-state index in [4.69, 9.17) is 0 Å². The second kappa shape index (κ2) is 6.04. The largest absolute Gasteiger partial charge is 0.340 e. The number of rotatable bonds is 3. The molecule has 0 saturated carbocycles. The number of carbonyl (C=O) groups is 1. The van der Waals surface area contributed by atoms with Crippen molar-refractivity contribution in [2.45, 2.75) is 19.4 Å². The summed E-state index contributed by atoms with van der Waals surface area (Å²) in [6, 6.07) is 14.3. The second-order valence-corrected chi connectivity index (χ2v) is 5.60. The first-order valence-corrected chi connectivity index (χ1v) is 7.35. The zero-order valence-electron chi connectivity index (χ0n) is 12.7. The summed E-state index contributed by atoms with van der Waals surface area (Å²) in [4.78, 5) is 24.3. The van der Waals surface area contributed by atoms with Crippen LogP contribution >= 0.6 is 0 Å². The molecule has 1 unspecified atom stereocenters. The van der Waals surface area contributed by atoms with E-state index in [9.17, 15) is 14.9 Å². The maximum Gasteiger partial charge on any atom is 0.269 e. The lowest BCUT2D eigenvalue weighted by atomic mass is 9.96. The molecular weight excluding hydrogens is 292 g/mol.